The summed E-state index contributed by atoms with van der Waals surface area (Å²) in [6.45, 7) is 1.68. The number of hydrogen-bond donors (Lipinski definition) is 1. The van der Waals surface area contributed by atoms with Gasteiger partial charge in [-0.05, 0) is 35.0 Å². The van der Waals surface area contributed by atoms with Gasteiger partial charge in [0.2, 0.25) is 5.75 Å². The molecule has 2 rings (SSSR count). The summed E-state index contributed by atoms with van der Waals surface area (Å²) in [6.07, 6.45) is 0. The molecule has 0 bridgehead atoms. The van der Waals surface area contributed by atoms with E-state index in [2.05, 4.69) is 15.9 Å². The molecular weight excluding hydrogens is 343 g/mol. The Balaban J connectivity index is 2.56. The van der Waals surface area contributed by atoms with Gasteiger partial charge in [0, 0.05) is 17.7 Å². The molecular formula is C14H12BrFN2O3. The predicted octanol–water partition coefficient (Wildman–Crippen LogP) is 4.31. The van der Waals surface area contributed by atoms with Crippen LogP contribution in [-0.4, -0.2) is 4.92 Å². The fourth-order valence-corrected chi connectivity index (χ4v) is 2.27. The first-order valence-corrected chi connectivity index (χ1v) is 6.86. The standard InChI is InChI=1S/C14H12BrFN2O3/c1-8(17)9-4-2-6-11(16)13(9)21-14-10(15)5-3-7-12(14)18(19)20/h2-8H,17H2,1H3. The van der Waals surface area contributed by atoms with E-state index in [1.807, 2.05) is 0 Å². The highest BCUT2D eigenvalue weighted by molar-refractivity contribution is 9.10. The van der Waals surface area contributed by atoms with Crippen molar-refractivity contribution in [3.63, 3.8) is 0 Å². The summed E-state index contributed by atoms with van der Waals surface area (Å²) in [4.78, 5) is 10.5. The Labute approximate surface area is 128 Å². The van der Waals surface area contributed by atoms with E-state index in [-0.39, 0.29) is 17.2 Å². The van der Waals surface area contributed by atoms with Crippen LogP contribution < -0.4 is 10.5 Å². The smallest absolute Gasteiger partial charge is 0.312 e. The molecule has 1 unspecified atom stereocenters. The molecule has 21 heavy (non-hydrogen) atoms. The second kappa shape index (κ2) is 6.19. The van der Waals surface area contributed by atoms with Gasteiger partial charge in [-0.2, -0.15) is 0 Å². The Morgan fingerprint density at radius 2 is 1.95 bits per heavy atom. The lowest BCUT2D eigenvalue weighted by molar-refractivity contribution is -0.385. The fourth-order valence-electron chi connectivity index (χ4n) is 1.84. The quantitative estimate of drug-likeness (QED) is 0.655. The number of benzene rings is 2. The van der Waals surface area contributed by atoms with Crippen LogP contribution in [0.2, 0.25) is 0 Å². The van der Waals surface area contributed by atoms with Gasteiger partial charge in [-0.1, -0.05) is 18.2 Å². The summed E-state index contributed by atoms with van der Waals surface area (Å²) < 4.78 is 19.8. The molecule has 0 spiro atoms. The van der Waals surface area contributed by atoms with Crippen molar-refractivity contribution in [2.24, 2.45) is 5.73 Å². The van der Waals surface area contributed by atoms with Crippen LogP contribution in [0.5, 0.6) is 11.5 Å². The van der Waals surface area contributed by atoms with E-state index in [0.717, 1.165) is 0 Å². The molecule has 2 aromatic rings. The van der Waals surface area contributed by atoms with E-state index in [1.54, 1.807) is 19.1 Å². The third kappa shape index (κ3) is 3.20. The van der Waals surface area contributed by atoms with Gasteiger partial charge >= 0.3 is 5.69 Å². The number of rotatable bonds is 4. The molecule has 2 N–H and O–H groups in total. The highest BCUT2D eigenvalue weighted by atomic mass is 79.9. The summed E-state index contributed by atoms with van der Waals surface area (Å²) in [5.74, 6) is -0.799. The predicted molar refractivity (Wildman–Crippen MR) is 79.9 cm³/mol. The van der Waals surface area contributed by atoms with Crippen LogP contribution in [-0.2, 0) is 0 Å². The fraction of sp³-hybridized carbons (Fsp3) is 0.143. The zero-order valence-electron chi connectivity index (χ0n) is 11.0. The first-order chi connectivity index (χ1) is 9.91. The highest BCUT2D eigenvalue weighted by Crippen LogP contribution is 2.40. The molecule has 110 valence electrons. The molecule has 0 aliphatic carbocycles. The maximum absolute atomic E-state index is 14.0. The molecule has 0 heterocycles. The number of halogens is 2. The molecule has 0 saturated heterocycles. The molecule has 2 aromatic carbocycles. The van der Waals surface area contributed by atoms with E-state index >= 15 is 0 Å². The van der Waals surface area contributed by atoms with Crippen LogP contribution in [0, 0.1) is 15.9 Å². The van der Waals surface area contributed by atoms with Gasteiger partial charge in [-0.25, -0.2) is 4.39 Å². The minimum atomic E-state index is -0.630. The number of hydrogen-bond acceptors (Lipinski definition) is 4. The summed E-state index contributed by atoms with van der Waals surface area (Å²) in [7, 11) is 0. The van der Waals surface area contributed by atoms with Crippen LogP contribution in [0.3, 0.4) is 0 Å². The van der Waals surface area contributed by atoms with Gasteiger partial charge in [-0.15, -0.1) is 0 Å². The third-order valence-corrected chi connectivity index (χ3v) is 3.46. The monoisotopic (exact) mass is 354 g/mol. The van der Waals surface area contributed by atoms with E-state index in [4.69, 9.17) is 10.5 Å². The molecule has 0 saturated carbocycles. The highest BCUT2D eigenvalue weighted by Gasteiger charge is 2.22. The van der Waals surface area contributed by atoms with Crippen molar-refractivity contribution in [2.45, 2.75) is 13.0 Å². The minimum Gasteiger partial charge on any atom is -0.445 e. The molecule has 0 aliphatic heterocycles. The van der Waals surface area contributed by atoms with Gasteiger partial charge < -0.3 is 10.5 Å². The van der Waals surface area contributed by atoms with Crippen LogP contribution >= 0.6 is 15.9 Å². The summed E-state index contributed by atoms with van der Waals surface area (Å²) in [5, 5.41) is 11.1. The number of nitrogens with two attached hydrogens (primary N) is 1. The van der Waals surface area contributed by atoms with Crippen molar-refractivity contribution in [1.82, 2.24) is 0 Å². The normalized spacial score (nSPS) is 12.0. The van der Waals surface area contributed by atoms with Crippen molar-refractivity contribution in [3.05, 3.63) is 62.4 Å². The summed E-state index contributed by atoms with van der Waals surface area (Å²) in [5.41, 5.74) is 5.95. The topological polar surface area (TPSA) is 78.4 Å². The van der Waals surface area contributed by atoms with E-state index in [0.29, 0.717) is 10.0 Å². The van der Waals surface area contributed by atoms with Crippen LogP contribution in [0.15, 0.2) is 40.9 Å². The maximum atomic E-state index is 14.0. The lowest BCUT2D eigenvalue weighted by atomic mass is 10.1. The molecule has 0 aromatic heterocycles. The Morgan fingerprint density at radius 1 is 1.29 bits per heavy atom. The van der Waals surface area contributed by atoms with Crippen LogP contribution in [0.4, 0.5) is 10.1 Å². The first kappa shape index (κ1) is 15.4. The van der Waals surface area contributed by atoms with Crippen LogP contribution in [0.1, 0.15) is 18.5 Å². The number of ether oxygens (including phenoxy) is 1. The van der Waals surface area contributed by atoms with Crippen molar-refractivity contribution >= 4 is 21.6 Å². The first-order valence-electron chi connectivity index (χ1n) is 6.06. The summed E-state index contributed by atoms with van der Waals surface area (Å²) in [6, 6.07) is 8.23. The van der Waals surface area contributed by atoms with Crippen LogP contribution in [0.25, 0.3) is 0 Å². The molecule has 1 atom stereocenters. The number of para-hydroxylation sites is 2. The van der Waals surface area contributed by atoms with Gasteiger partial charge in [-0.3, -0.25) is 10.1 Å². The zero-order chi connectivity index (χ0) is 15.6. The van der Waals surface area contributed by atoms with Crippen molar-refractivity contribution in [3.8, 4) is 11.5 Å². The SMILES string of the molecule is CC(N)c1cccc(F)c1Oc1c(Br)cccc1[N+](=O)[O-]. The lowest BCUT2D eigenvalue weighted by Crippen LogP contribution is -2.08. The minimum absolute atomic E-state index is 0.0606. The Morgan fingerprint density at radius 3 is 2.57 bits per heavy atom. The van der Waals surface area contributed by atoms with Crippen molar-refractivity contribution < 1.29 is 14.1 Å². The molecule has 5 nitrogen and oxygen atoms in total. The van der Waals surface area contributed by atoms with E-state index < -0.39 is 16.8 Å². The number of nitro benzene ring substituents is 1. The molecule has 0 fully saturated rings. The molecule has 0 radical (unpaired) electrons. The largest absolute Gasteiger partial charge is 0.445 e. The molecule has 7 heteroatoms. The Bertz CT molecular complexity index is 692. The lowest BCUT2D eigenvalue weighted by Gasteiger charge is -2.15. The van der Waals surface area contributed by atoms with Gasteiger partial charge in [0.15, 0.2) is 11.6 Å². The van der Waals surface area contributed by atoms with E-state index in [1.165, 1.54) is 24.3 Å². The molecule has 0 aliphatic rings. The van der Waals surface area contributed by atoms with Gasteiger partial charge in [0.25, 0.3) is 0 Å². The Kier molecular flexibility index (Phi) is 4.54. The second-order valence-electron chi connectivity index (χ2n) is 4.39. The number of nitro groups is 1. The Hall–Kier alpha value is -1.99. The van der Waals surface area contributed by atoms with Gasteiger partial charge in [0.1, 0.15) is 0 Å². The number of nitrogens with zero attached hydrogens (tertiary/aromatic N) is 1. The molecule has 0 amide bonds. The maximum Gasteiger partial charge on any atom is 0.312 e. The zero-order valence-corrected chi connectivity index (χ0v) is 12.6. The average Bonchev–Trinajstić information content (AvgIpc) is 2.42. The van der Waals surface area contributed by atoms with Crippen molar-refractivity contribution in [1.29, 1.82) is 0 Å². The van der Waals surface area contributed by atoms with E-state index in [9.17, 15) is 14.5 Å². The summed E-state index contributed by atoms with van der Waals surface area (Å²) >= 11 is 3.18. The average molecular weight is 355 g/mol. The van der Waals surface area contributed by atoms with Crippen molar-refractivity contribution in [2.75, 3.05) is 0 Å². The van der Waals surface area contributed by atoms with Gasteiger partial charge in [0.05, 0.1) is 9.40 Å². The third-order valence-electron chi connectivity index (χ3n) is 2.84. The second-order valence-corrected chi connectivity index (χ2v) is 5.25.